The van der Waals surface area contributed by atoms with Gasteiger partial charge in [-0.05, 0) is 34.1 Å². The molecule has 18 heavy (non-hydrogen) atoms. The smallest absolute Gasteiger partial charge is 0.157 e. The normalized spacial score (nSPS) is 13.2. The molecule has 5 nitrogen and oxygen atoms in total. The van der Waals surface area contributed by atoms with E-state index in [1.165, 1.54) is 0 Å². The average Bonchev–Trinajstić information content (AvgIpc) is 2.61. The lowest BCUT2D eigenvalue weighted by atomic mass is 10.1. The minimum Gasteiger partial charge on any atom is -0.390 e. The number of hydrogen-bond acceptors (Lipinski definition) is 4. The van der Waals surface area contributed by atoms with Crippen molar-refractivity contribution < 1.29 is 13.5 Å². The van der Waals surface area contributed by atoms with E-state index in [9.17, 15) is 13.5 Å². The van der Waals surface area contributed by atoms with Crippen LogP contribution in [-0.2, 0) is 15.6 Å². The van der Waals surface area contributed by atoms with Gasteiger partial charge in [-0.15, -0.1) is 0 Å². The SMILES string of the molecule is CC(C)n1ccnc1CS(=O)(=O)CCC(C)(C)O. The van der Waals surface area contributed by atoms with E-state index >= 15 is 0 Å². The highest BCUT2D eigenvalue weighted by Crippen LogP contribution is 2.14. The van der Waals surface area contributed by atoms with Crippen LogP contribution in [0.15, 0.2) is 12.4 Å². The van der Waals surface area contributed by atoms with E-state index in [0.717, 1.165) is 0 Å². The molecule has 0 amide bonds. The lowest BCUT2D eigenvalue weighted by Gasteiger charge is -2.17. The van der Waals surface area contributed by atoms with E-state index in [-0.39, 0.29) is 24.0 Å². The Morgan fingerprint density at radius 2 is 2.06 bits per heavy atom. The largest absolute Gasteiger partial charge is 0.390 e. The molecule has 0 fully saturated rings. The van der Waals surface area contributed by atoms with E-state index in [1.54, 1.807) is 26.2 Å². The second-order valence-electron chi connectivity index (χ2n) is 5.50. The molecule has 0 saturated carbocycles. The summed E-state index contributed by atoms with van der Waals surface area (Å²) in [5.74, 6) is 0.455. The number of aromatic nitrogens is 2. The summed E-state index contributed by atoms with van der Waals surface area (Å²) in [5, 5.41) is 9.56. The van der Waals surface area contributed by atoms with Gasteiger partial charge in [-0.1, -0.05) is 0 Å². The van der Waals surface area contributed by atoms with Gasteiger partial charge < -0.3 is 9.67 Å². The van der Waals surface area contributed by atoms with Crippen LogP contribution in [0.25, 0.3) is 0 Å². The maximum absolute atomic E-state index is 12.0. The molecule has 0 aromatic carbocycles. The van der Waals surface area contributed by atoms with Gasteiger partial charge in [0, 0.05) is 18.4 Å². The fraction of sp³-hybridized carbons (Fsp3) is 0.750. The molecule has 1 N–H and O–H groups in total. The van der Waals surface area contributed by atoms with Crippen molar-refractivity contribution >= 4 is 9.84 Å². The fourth-order valence-corrected chi connectivity index (χ4v) is 3.17. The summed E-state index contributed by atoms with van der Waals surface area (Å²) < 4.78 is 25.8. The Labute approximate surface area is 109 Å². The van der Waals surface area contributed by atoms with E-state index in [4.69, 9.17) is 0 Å². The molecule has 6 heteroatoms. The Hall–Kier alpha value is -0.880. The second kappa shape index (κ2) is 5.40. The van der Waals surface area contributed by atoms with Crippen LogP contribution in [0.3, 0.4) is 0 Å². The molecule has 0 aliphatic carbocycles. The van der Waals surface area contributed by atoms with Crippen molar-refractivity contribution in [2.75, 3.05) is 5.75 Å². The molecule has 0 radical (unpaired) electrons. The molecule has 104 valence electrons. The summed E-state index contributed by atoms with van der Waals surface area (Å²) in [6, 6.07) is 0.187. The number of imidazole rings is 1. The number of sulfone groups is 1. The molecule has 0 atom stereocenters. The highest BCUT2D eigenvalue weighted by molar-refractivity contribution is 7.90. The maximum atomic E-state index is 12.0. The summed E-state index contributed by atoms with van der Waals surface area (Å²) in [4.78, 5) is 4.09. The van der Waals surface area contributed by atoms with Gasteiger partial charge in [-0.25, -0.2) is 13.4 Å². The first-order valence-corrected chi connectivity index (χ1v) is 7.87. The van der Waals surface area contributed by atoms with Crippen LogP contribution in [0.1, 0.15) is 46.0 Å². The predicted octanol–water partition coefficient (Wildman–Crippen LogP) is 1.54. The van der Waals surface area contributed by atoms with E-state index < -0.39 is 15.4 Å². The number of nitrogens with zero attached hydrogens (tertiary/aromatic N) is 2. The molecule has 0 spiro atoms. The molecule has 1 aromatic heterocycles. The first kappa shape index (κ1) is 15.2. The van der Waals surface area contributed by atoms with Crippen molar-refractivity contribution in [2.45, 2.75) is 51.5 Å². The zero-order valence-corrected chi connectivity index (χ0v) is 12.2. The molecule has 1 heterocycles. The molecule has 0 saturated heterocycles. The third kappa shape index (κ3) is 4.78. The topological polar surface area (TPSA) is 72.2 Å². The third-order valence-electron chi connectivity index (χ3n) is 2.68. The van der Waals surface area contributed by atoms with Crippen LogP contribution < -0.4 is 0 Å². The first-order valence-electron chi connectivity index (χ1n) is 6.05. The summed E-state index contributed by atoms with van der Waals surface area (Å²) in [5.41, 5.74) is -0.958. The summed E-state index contributed by atoms with van der Waals surface area (Å²) >= 11 is 0. The average molecular weight is 274 g/mol. The lowest BCUT2D eigenvalue weighted by molar-refractivity contribution is 0.0772. The Morgan fingerprint density at radius 3 is 2.56 bits per heavy atom. The highest BCUT2D eigenvalue weighted by Gasteiger charge is 2.21. The quantitative estimate of drug-likeness (QED) is 0.854. The van der Waals surface area contributed by atoms with Crippen LogP contribution in [-0.4, -0.2) is 34.4 Å². The summed E-state index contributed by atoms with van der Waals surface area (Å²) in [6.45, 7) is 7.18. The highest BCUT2D eigenvalue weighted by atomic mass is 32.2. The number of rotatable bonds is 6. The molecule has 0 aliphatic rings. The Balaban J connectivity index is 2.74. The molecule has 1 aromatic rings. The fourth-order valence-electron chi connectivity index (χ4n) is 1.60. The van der Waals surface area contributed by atoms with Gasteiger partial charge in [0.05, 0.1) is 11.4 Å². The molecule has 1 rings (SSSR count). The van der Waals surface area contributed by atoms with Crippen LogP contribution in [0.4, 0.5) is 0 Å². The summed E-state index contributed by atoms with van der Waals surface area (Å²) in [7, 11) is -3.24. The van der Waals surface area contributed by atoms with Crippen LogP contribution in [0.2, 0.25) is 0 Å². The van der Waals surface area contributed by atoms with Crippen molar-refractivity contribution in [1.29, 1.82) is 0 Å². The monoisotopic (exact) mass is 274 g/mol. The maximum Gasteiger partial charge on any atom is 0.157 e. The minimum atomic E-state index is -3.24. The van der Waals surface area contributed by atoms with Crippen molar-refractivity contribution in [1.82, 2.24) is 9.55 Å². The van der Waals surface area contributed by atoms with Crippen molar-refractivity contribution in [3.63, 3.8) is 0 Å². The van der Waals surface area contributed by atoms with Gasteiger partial charge >= 0.3 is 0 Å². The van der Waals surface area contributed by atoms with Gasteiger partial charge in [0.2, 0.25) is 0 Å². The minimum absolute atomic E-state index is 0.0263. The van der Waals surface area contributed by atoms with Crippen LogP contribution >= 0.6 is 0 Å². The molecular weight excluding hydrogens is 252 g/mol. The standard InChI is InChI=1S/C12H22N2O3S/c1-10(2)14-7-6-13-11(14)9-18(16,17)8-5-12(3,4)15/h6-7,10,15H,5,8-9H2,1-4H3. The first-order chi connectivity index (χ1) is 8.11. The zero-order chi connectivity index (χ0) is 14.0. The van der Waals surface area contributed by atoms with Gasteiger partial charge in [0.1, 0.15) is 11.6 Å². The predicted molar refractivity (Wildman–Crippen MR) is 71.0 cm³/mol. The Kier molecular flexibility index (Phi) is 4.55. The van der Waals surface area contributed by atoms with E-state index in [1.807, 2.05) is 18.4 Å². The molecule has 0 bridgehead atoms. The van der Waals surface area contributed by atoms with E-state index in [2.05, 4.69) is 4.98 Å². The van der Waals surface area contributed by atoms with Crippen molar-refractivity contribution in [2.24, 2.45) is 0 Å². The van der Waals surface area contributed by atoms with Crippen molar-refractivity contribution in [3.8, 4) is 0 Å². The number of hydrogen-bond donors (Lipinski definition) is 1. The van der Waals surface area contributed by atoms with Gasteiger partial charge in [0.15, 0.2) is 9.84 Å². The van der Waals surface area contributed by atoms with E-state index in [0.29, 0.717) is 5.82 Å². The third-order valence-corrected chi connectivity index (χ3v) is 4.20. The van der Waals surface area contributed by atoms with Gasteiger partial charge in [-0.2, -0.15) is 0 Å². The Bertz CT molecular complexity index is 484. The lowest BCUT2D eigenvalue weighted by Crippen LogP contribution is -2.24. The Morgan fingerprint density at radius 1 is 1.44 bits per heavy atom. The molecule has 0 aliphatic heterocycles. The van der Waals surface area contributed by atoms with Gasteiger partial charge in [0.25, 0.3) is 0 Å². The number of aliphatic hydroxyl groups is 1. The summed E-state index contributed by atoms with van der Waals surface area (Å²) in [6.07, 6.45) is 3.63. The molecule has 0 unspecified atom stereocenters. The van der Waals surface area contributed by atoms with Crippen molar-refractivity contribution in [3.05, 3.63) is 18.2 Å². The second-order valence-corrected chi connectivity index (χ2v) is 7.68. The van der Waals surface area contributed by atoms with Gasteiger partial charge in [-0.3, -0.25) is 0 Å². The molecular formula is C12H22N2O3S. The van der Waals surface area contributed by atoms with Crippen LogP contribution in [0, 0.1) is 0 Å². The zero-order valence-electron chi connectivity index (χ0n) is 11.4. The van der Waals surface area contributed by atoms with Crippen LogP contribution in [0.5, 0.6) is 0 Å².